The van der Waals surface area contributed by atoms with Crippen molar-refractivity contribution in [2.75, 3.05) is 5.32 Å². The van der Waals surface area contributed by atoms with Gasteiger partial charge in [-0.25, -0.2) is 4.79 Å². The summed E-state index contributed by atoms with van der Waals surface area (Å²) in [5.74, 6) is -0.944. The van der Waals surface area contributed by atoms with Crippen molar-refractivity contribution in [2.24, 2.45) is 0 Å². The minimum Gasteiger partial charge on any atom is -0.507 e. The lowest BCUT2D eigenvalue weighted by molar-refractivity contribution is -0.136. The fourth-order valence-corrected chi connectivity index (χ4v) is 4.13. The van der Waals surface area contributed by atoms with Crippen molar-refractivity contribution in [1.29, 1.82) is 0 Å². The summed E-state index contributed by atoms with van der Waals surface area (Å²) in [6.45, 7) is 3.70. The van der Waals surface area contributed by atoms with E-state index >= 15 is 0 Å². The molecule has 2 aliphatic rings. The molecular formula is C23H23N3O6. The number of fused-ring (bicyclic) bond motifs is 1. The Morgan fingerprint density at radius 3 is 2.62 bits per heavy atom. The molecule has 1 atom stereocenters. The van der Waals surface area contributed by atoms with Crippen molar-refractivity contribution in [3.63, 3.8) is 0 Å². The zero-order valence-corrected chi connectivity index (χ0v) is 17.7. The zero-order chi connectivity index (χ0) is 23.0. The largest absolute Gasteiger partial charge is 0.507 e. The number of phenolic OH excluding ortho intramolecular Hbond substituents is 1. The van der Waals surface area contributed by atoms with Crippen LogP contribution in [0.25, 0.3) is 0 Å². The number of anilines is 1. The molecule has 2 aromatic carbocycles. The van der Waals surface area contributed by atoms with Crippen LogP contribution in [0.1, 0.15) is 45.5 Å². The van der Waals surface area contributed by atoms with Gasteiger partial charge in [0.25, 0.3) is 5.91 Å². The van der Waals surface area contributed by atoms with Gasteiger partial charge in [0.2, 0.25) is 11.8 Å². The molecule has 0 aromatic heterocycles. The highest BCUT2D eigenvalue weighted by Crippen LogP contribution is 2.32. The van der Waals surface area contributed by atoms with Crippen molar-refractivity contribution >= 4 is 29.5 Å². The van der Waals surface area contributed by atoms with E-state index in [1.807, 2.05) is 0 Å². The molecule has 0 saturated carbocycles. The van der Waals surface area contributed by atoms with Gasteiger partial charge < -0.3 is 14.7 Å². The lowest BCUT2D eigenvalue weighted by Crippen LogP contribution is -2.52. The molecule has 1 saturated heterocycles. The predicted molar refractivity (Wildman–Crippen MR) is 114 cm³/mol. The van der Waals surface area contributed by atoms with Crippen LogP contribution in [0.4, 0.5) is 10.5 Å². The highest BCUT2D eigenvalue weighted by Gasteiger charge is 2.40. The van der Waals surface area contributed by atoms with Gasteiger partial charge in [-0.1, -0.05) is 6.07 Å². The van der Waals surface area contributed by atoms with E-state index in [1.54, 1.807) is 44.2 Å². The Morgan fingerprint density at radius 2 is 1.94 bits per heavy atom. The third-order valence-corrected chi connectivity index (χ3v) is 5.74. The standard InChI is InChI=1S/C23H23N3O6/c1-12-8-14(9-13(2)20(12)28)11-32-23(31)24-17-5-3-4-15-16(17)10-26(22(15)30)18-6-7-19(27)25-21(18)29/h3-5,8-9,18,28H,6-7,10-11H2,1-2H3,(H,24,31)(H,25,27,29). The number of amides is 4. The van der Waals surface area contributed by atoms with Crippen LogP contribution in [0.2, 0.25) is 0 Å². The molecule has 0 spiro atoms. The van der Waals surface area contributed by atoms with Gasteiger partial charge in [-0.15, -0.1) is 0 Å². The molecular weight excluding hydrogens is 414 g/mol. The number of aromatic hydroxyl groups is 1. The van der Waals surface area contributed by atoms with Crippen LogP contribution in [0.3, 0.4) is 0 Å². The molecule has 9 heteroatoms. The highest BCUT2D eigenvalue weighted by atomic mass is 16.5. The van der Waals surface area contributed by atoms with Gasteiger partial charge in [0, 0.05) is 29.8 Å². The van der Waals surface area contributed by atoms with E-state index in [9.17, 15) is 24.3 Å². The number of phenols is 1. The second-order valence-corrected chi connectivity index (χ2v) is 8.01. The molecule has 32 heavy (non-hydrogen) atoms. The van der Waals surface area contributed by atoms with Crippen molar-refractivity contribution in [2.45, 2.75) is 45.9 Å². The molecule has 166 valence electrons. The lowest BCUT2D eigenvalue weighted by atomic mass is 10.0. The minimum absolute atomic E-state index is 0.0180. The van der Waals surface area contributed by atoms with E-state index in [0.29, 0.717) is 27.9 Å². The summed E-state index contributed by atoms with van der Waals surface area (Å²) < 4.78 is 5.31. The van der Waals surface area contributed by atoms with E-state index in [1.165, 1.54) is 4.90 Å². The Labute approximate surface area is 184 Å². The topological polar surface area (TPSA) is 125 Å². The number of nitrogens with one attached hydrogen (secondary N) is 2. The van der Waals surface area contributed by atoms with Crippen LogP contribution in [-0.4, -0.2) is 39.9 Å². The summed E-state index contributed by atoms with van der Waals surface area (Å²) in [4.78, 5) is 50.3. The van der Waals surface area contributed by atoms with Crippen LogP contribution in [0, 0.1) is 13.8 Å². The van der Waals surface area contributed by atoms with Gasteiger partial charge >= 0.3 is 6.09 Å². The molecule has 2 heterocycles. The molecule has 2 aromatic rings. The summed E-state index contributed by atoms with van der Waals surface area (Å²) in [5, 5.41) is 14.8. The number of carbonyl (C=O) groups is 4. The maximum Gasteiger partial charge on any atom is 0.411 e. The van der Waals surface area contributed by atoms with Gasteiger partial charge in [0.15, 0.2) is 0 Å². The summed E-state index contributed by atoms with van der Waals surface area (Å²) in [7, 11) is 0. The monoisotopic (exact) mass is 437 g/mol. The molecule has 0 radical (unpaired) electrons. The van der Waals surface area contributed by atoms with Crippen LogP contribution in [0.15, 0.2) is 30.3 Å². The maximum atomic E-state index is 12.9. The first-order valence-electron chi connectivity index (χ1n) is 10.2. The fourth-order valence-electron chi connectivity index (χ4n) is 4.13. The quantitative estimate of drug-likeness (QED) is 0.631. The Kier molecular flexibility index (Phi) is 5.56. The number of nitrogens with zero attached hydrogens (tertiary/aromatic N) is 1. The van der Waals surface area contributed by atoms with Crippen molar-refractivity contribution in [1.82, 2.24) is 10.2 Å². The van der Waals surface area contributed by atoms with Gasteiger partial charge in [0.05, 0.1) is 0 Å². The third kappa shape index (κ3) is 4.01. The lowest BCUT2D eigenvalue weighted by Gasteiger charge is -2.29. The molecule has 2 aliphatic heterocycles. The number of carbonyl (C=O) groups excluding carboxylic acids is 4. The second-order valence-electron chi connectivity index (χ2n) is 8.01. The Bertz CT molecular complexity index is 1120. The van der Waals surface area contributed by atoms with Crippen molar-refractivity contribution < 1.29 is 29.0 Å². The number of aryl methyl sites for hydroxylation is 2. The molecule has 0 bridgehead atoms. The SMILES string of the molecule is Cc1cc(COC(=O)Nc2cccc3c2CN(C2CCC(=O)NC2=O)C3=O)cc(C)c1O. The Hall–Kier alpha value is -3.88. The van der Waals surface area contributed by atoms with E-state index in [0.717, 1.165) is 5.56 Å². The average molecular weight is 437 g/mol. The molecule has 1 unspecified atom stereocenters. The van der Waals surface area contributed by atoms with E-state index < -0.39 is 18.0 Å². The number of hydrogen-bond donors (Lipinski definition) is 3. The molecule has 4 amide bonds. The van der Waals surface area contributed by atoms with E-state index in [4.69, 9.17) is 4.74 Å². The summed E-state index contributed by atoms with van der Waals surface area (Å²) in [5.41, 5.74) is 3.54. The van der Waals surface area contributed by atoms with E-state index in [2.05, 4.69) is 10.6 Å². The van der Waals surface area contributed by atoms with Crippen LogP contribution >= 0.6 is 0 Å². The summed E-state index contributed by atoms with van der Waals surface area (Å²) >= 11 is 0. The summed E-state index contributed by atoms with van der Waals surface area (Å²) in [6, 6.07) is 7.71. The molecule has 4 rings (SSSR count). The summed E-state index contributed by atoms with van der Waals surface area (Å²) in [6.07, 6.45) is -0.251. The first kappa shape index (κ1) is 21.4. The van der Waals surface area contributed by atoms with Crippen LogP contribution in [-0.2, 0) is 27.5 Å². The minimum atomic E-state index is -0.728. The molecule has 1 fully saturated rings. The first-order valence-corrected chi connectivity index (χ1v) is 10.2. The van der Waals surface area contributed by atoms with Gasteiger partial charge in [-0.3, -0.25) is 25.0 Å². The maximum absolute atomic E-state index is 12.9. The number of piperidine rings is 1. The number of imide groups is 1. The number of rotatable bonds is 4. The van der Waals surface area contributed by atoms with Crippen molar-refractivity contribution in [3.8, 4) is 5.75 Å². The van der Waals surface area contributed by atoms with Crippen LogP contribution in [0.5, 0.6) is 5.75 Å². The fraction of sp³-hybridized carbons (Fsp3) is 0.304. The third-order valence-electron chi connectivity index (χ3n) is 5.74. The first-order chi connectivity index (χ1) is 15.2. The van der Waals surface area contributed by atoms with Gasteiger partial charge in [-0.2, -0.15) is 0 Å². The average Bonchev–Trinajstić information content (AvgIpc) is 3.08. The van der Waals surface area contributed by atoms with E-state index in [-0.39, 0.29) is 43.6 Å². The second kappa shape index (κ2) is 8.33. The Balaban J connectivity index is 1.45. The number of benzene rings is 2. The Morgan fingerprint density at radius 1 is 1.22 bits per heavy atom. The van der Waals surface area contributed by atoms with Crippen LogP contribution < -0.4 is 10.6 Å². The molecule has 9 nitrogen and oxygen atoms in total. The van der Waals surface area contributed by atoms with Crippen molar-refractivity contribution in [3.05, 3.63) is 58.1 Å². The molecule has 0 aliphatic carbocycles. The zero-order valence-electron chi connectivity index (χ0n) is 17.7. The number of ether oxygens (including phenoxy) is 1. The highest BCUT2D eigenvalue weighted by molar-refractivity contribution is 6.06. The smallest absolute Gasteiger partial charge is 0.411 e. The normalized spacial score (nSPS) is 17.8. The van der Waals surface area contributed by atoms with Gasteiger partial charge in [0.1, 0.15) is 18.4 Å². The number of hydrogen-bond acceptors (Lipinski definition) is 6. The predicted octanol–water partition coefficient (Wildman–Crippen LogP) is 2.52. The van der Waals surface area contributed by atoms with Gasteiger partial charge in [-0.05, 0) is 61.2 Å². The molecule has 3 N–H and O–H groups in total.